The van der Waals surface area contributed by atoms with E-state index in [1.807, 2.05) is 6.92 Å². The lowest BCUT2D eigenvalue weighted by Gasteiger charge is -2.22. The minimum atomic E-state index is -1.23. The summed E-state index contributed by atoms with van der Waals surface area (Å²) in [4.78, 5) is 13.8. The van der Waals surface area contributed by atoms with E-state index in [-0.39, 0.29) is 29.7 Å². The summed E-state index contributed by atoms with van der Waals surface area (Å²) in [6, 6.07) is 0.663. The van der Waals surface area contributed by atoms with Gasteiger partial charge in [-0.25, -0.2) is 13.2 Å². The van der Waals surface area contributed by atoms with Crippen LogP contribution < -0.4 is 5.73 Å². The molecule has 1 fully saturated rings. The highest BCUT2D eigenvalue weighted by atomic mass is 32.2. The maximum absolute atomic E-state index is 13.5. The van der Waals surface area contributed by atoms with Gasteiger partial charge in [0.05, 0.1) is 5.37 Å². The Morgan fingerprint density at radius 2 is 2.05 bits per heavy atom. The number of carbonyl (C=O) groups is 1. The number of carbonyl (C=O) groups excluding carboxylic acids is 1. The summed E-state index contributed by atoms with van der Waals surface area (Å²) in [7, 11) is 0. The smallest absolute Gasteiger partial charge is 0.225 e. The number of benzene rings is 1. The fourth-order valence-corrected chi connectivity index (χ4v) is 3.38. The molecule has 0 aromatic heterocycles. The molecule has 1 amide bonds. The summed E-state index contributed by atoms with van der Waals surface area (Å²) < 4.78 is 39.5. The van der Waals surface area contributed by atoms with Gasteiger partial charge in [-0.3, -0.25) is 4.79 Å². The molecule has 116 valence electrons. The van der Waals surface area contributed by atoms with E-state index in [1.165, 1.54) is 0 Å². The minimum Gasteiger partial charge on any atom is -0.330 e. The van der Waals surface area contributed by atoms with Crippen molar-refractivity contribution in [3.63, 3.8) is 0 Å². The van der Waals surface area contributed by atoms with Gasteiger partial charge >= 0.3 is 0 Å². The number of halogens is 3. The second kappa shape index (κ2) is 6.70. The van der Waals surface area contributed by atoms with Crippen molar-refractivity contribution in [3.8, 4) is 0 Å². The highest BCUT2D eigenvalue weighted by molar-refractivity contribution is 8.00. The Labute approximate surface area is 125 Å². The topological polar surface area (TPSA) is 46.3 Å². The van der Waals surface area contributed by atoms with Crippen molar-refractivity contribution in [2.75, 3.05) is 12.3 Å². The van der Waals surface area contributed by atoms with Gasteiger partial charge in [0.1, 0.15) is 5.82 Å². The molecule has 3 nitrogen and oxygen atoms in total. The molecule has 0 saturated carbocycles. The van der Waals surface area contributed by atoms with Crippen molar-refractivity contribution < 1.29 is 18.0 Å². The average Bonchev–Trinajstić information content (AvgIpc) is 2.82. The first kappa shape index (κ1) is 16.2. The molecule has 2 N–H and O–H groups in total. The zero-order chi connectivity index (χ0) is 15.6. The Hall–Kier alpha value is -1.21. The standard InChI is InChI=1S/C14H17F3N2OS/c1-8-19(2-3-21-8)14(20)6-10(18)4-9-5-12(16)13(17)7-11(9)15/h5,7-8,10H,2-4,6,18H2,1H3/t8-,10?/m0/s1. The van der Waals surface area contributed by atoms with E-state index in [0.717, 1.165) is 11.8 Å². The van der Waals surface area contributed by atoms with Crippen LogP contribution in [0.5, 0.6) is 0 Å². The second-order valence-corrected chi connectivity index (χ2v) is 6.51. The third-order valence-electron chi connectivity index (χ3n) is 3.46. The summed E-state index contributed by atoms with van der Waals surface area (Å²) in [5, 5.41) is 0.115. The number of amides is 1. The number of nitrogens with zero attached hydrogens (tertiary/aromatic N) is 1. The Bertz CT molecular complexity index is 541. The van der Waals surface area contributed by atoms with Crippen LogP contribution in [0, 0.1) is 17.5 Å². The third-order valence-corrected chi connectivity index (χ3v) is 4.61. The average molecular weight is 318 g/mol. The molecule has 7 heteroatoms. The summed E-state index contributed by atoms with van der Waals surface area (Å²) >= 11 is 1.68. The molecule has 1 unspecified atom stereocenters. The molecule has 1 heterocycles. The van der Waals surface area contributed by atoms with Crippen molar-refractivity contribution >= 4 is 17.7 Å². The Balaban J connectivity index is 1.97. The molecule has 2 rings (SSSR count). The van der Waals surface area contributed by atoms with Gasteiger partial charge in [-0.05, 0) is 25.0 Å². The first-order chi connectivity index (χ1) is 9.88. The highest BCUT2D eigenvalue weighted by Gasteiger charge is 2.27. The van der Waals surface area contributed by atoms with Gasteiger partial charge in [0.15, 0.2) is 11.6 Å². The van der Waals surface area contributed by atoms with Gasteiger partial charge < -0.3 is 10.6 Å². The molecule has 0 spiro atoms. The molecule has 0 radical (unpaired) electrons. The number of rotatable bonds is 4. The lowest BCUT2D eigenvalue weighted by molar-refractivity contribution is -0.131. The molecular formula is C14H17F3N2OS. The van der Waals surface area contributed by atoms with Crippen LogP contribution in [0.25, 0.3) is 0 Å². The number of thioether (sulfide) groups is 1. The molecule has 1 aliphatic rings. The van der Waals surface area contributed by atoms with E-state index in [9.17, 15) is 18.0 Å². The zero-order valence-electron chi connectivity index (χ0n) is 11.6. The van der Waals surface area contributed by atoms with Crippen molar-refractivity contribution in [3.05, 3.63) is 35.1 Å². The normalized spacial score (nSPS) is 19.9. The van der Waals surface area contributed by atoms with E-state index < -0.39 is 23.5 Å². The van der Waals surface area contributed by atoms with Crippen LogP contribution >= 0.6 is 11.8 Å². The van der Waals surface area contributed by atoms with Crippen molar-refractivity contribution in [2.24, 2.45) is 5.73 Å². The lowest BCUT2D eigenvalue weighted by atomic mass is 10.0. The number of hydrogen-bond acceptors (Lipinski definition) is 3. The summed E-state index contributed by atoms with van der Waals surface area (Å²) in [5.41, 5.74) is 5.82. The molecule has 1 aromatic carbocycles. The number of hydrogen-bond donors (Lipinski definition) is 1. The number of nitrogens with two attached hydrogens (primary N) is 1. The molecule has 1 aromatic rings. The fourth-order valence-electron chi connectivity index (χ4n) is 2.34. The van der Waals surface area contributed by atoms with Crippen LogP contribution in [0.15, 0.2) is 12.1 Å². The van der Waals surface area contributed by atoms with Crippen molar-refractivity contribution in [1.29, 1.82) is 0 Å². The Morgan fingerprint density at radius 3 is 2.67 bits per heavy atom. The Morgan fingerprint density at radius 1 is 1.38 bits per heavy atom. The maximum Gasteiger partial charge on any atom is 0.225 e. The SMILES string of the molecule is C[C@@H]1SCCN1C(=O)CC(N)Cc1cc(F)c(F)cc1F. The van der Waals surface area contributed by atoms with Crippen LogP contribution in [0.2, 0.25) is 0 Å². The maximum atomic E-state index is 13.5. The lowest BCUT2D eigenvalue weighted by Crippen LogP contribution is -2.38. The minimum absolute atomic E-state index is 0.00978. The van der Waals surface area contributed by atoms with Crippen LogP contribution in [0.3, 0.4) is 0 Å². The van der Waals surface area contributed by atoms with Crippen molar-refractivity contribution in [1.82, 2.24) is 4.90 Å². The molecule has 21 heavy (non-hydrogen) atoms. The fraction of sp³-hybridized carbons (Fsp3) is 0.500. The molecule has 1 aliphatic heterocycles. The van der Waals surface area contributed by atoms with Crippen LogP contribution in [0.1, 0.15) is 18.9 Å². The first-order valence-corrected chi connectivity index (χ1v) is 7.73. The van der Waals surface area contributed by atoms with Crippen LogP contribution in [0.4, 0.5) is 13.2 Å². The van der Waals surface area contributed by atoms with Gasteiger partial charge in [-0.2, -0.15) is 0 Å². The molecular weight excluding hydrogens is 301 g/mol. The van der Waals surface area contributed by atoms with E-state index >= 15 is 0 Å². The van der Waals surface area contributed by atoms with Crippen LogP contribution in [-0.2, 0) is 11.2 Å². The van der Waals surface area contributed by atoms with Crippen LogP contribution in [-0.4, -0.2) is 34.5 Å². The van der Waals surface area contributed by atoms with E-state index in [2.05, 4.69) is 0 Å². The Kier molecular flexibility index (Phi) is 5.16. The largest absolute Gasteiger partial charge is 0.330 e. The second-order valence-electron chi connectivity index (χ2n) is 5.08. The first-order valence-electron chi connectivity index (χ1n) is 6.68. The van der Waals surface area contributed by atoms with Gasteiger partial charge in [-0.15, -0.1) is 11.8 Å². The molecule has 2 atom stereocenters. The monoisotopic (exact) mass is 318 g/mol. The summed E-state index contributed by atoms with van der Waals surface area (Å²) in [6.07, 6.45) is 0.0491. The summed E-state index contributed by atoms with van der Waals surface area (Å²) in [6.45, 7) is 2.62. The molecule has 0 bridgehead atoms. The third kappa shape index (κ3) is 3.91. The predicted molar refractivity (Wildman–Crippen MR) is 76.2 cm³/mol. The summed E-state index contributed by atoms with van der Waals surface area (Å²) in [5.74, 6) is -2.40. The predicted octanol–water partition coefficient (Wildman–Crippen LogP) is 2.29. The van der Waals surface area contributed by atoms with E-state index in [1.54, 1.807) is 16.7 Å². The van der Waals surface area contributed by atoms with E-state index in [0.29, 0.717) is 12.6 Å². The highest BCUT2D eigenvalue weighted by Crippen LogP contribution is 2.24. The van der Waals surface area contributed by atoms with Gasteiger partial charge in [0, 0.05) is 30.8 Å². The molecule has 0 aliphatic carbocycles. The molecule has 1 saturated heterocycles. The van der Waals surface area contributed by atoms with Gasteiger partial charge in [0.25, 0.3) is 0 Å². The van der Waals surface area contributed by atoms with Gasteiger partial charge in [-0.1, -0.05) is 0 Å². The quantitative estimate of drug-likeness (QED) is 0.867. The zero-order valence-corrected chi connectivity index (χ0v) is 12.4. The van der Waals surface area contributed by atoms with Gasteiger partial charge in [0.2, 0.25) is 5.91 Å². The van der Waals surface area contributed by atoms with E-state index in [4.69, 9.17) is 5.73 Å². The van der Waals surface area contributed by atoms with Crippen molar-refractivity contribution in [2.45, 2.75) is 31.2 Å².